The first-order valence-corrected chi connectivity index (χ1v) is 5.17. The Kier molecular flexibility index (Phi) is 4.20. The fraction of sp³-hybridized carbons (Fsp3) is 0.333. The van der Waals surface area contributed by atoms with E-state index in [4.69, 9.17) is 5.11 Å². The summed E-state index contributed by atoms with van der Waals surface area (Å²) in [6.45, 7) is 2.61. The lowest BCUT2D eigenvalue weighted by atomic mass is 10.1. The number of carboxylic acids is 1. The average Bonchev–Trinajstić information content (AvgIpc) is 2.26. The van der Waals surface area contributed by atoms with E-state index in [9.17, 15) is 14.0 Å². The van der Waals surface area contributed by atoms with Gasteiger partial charge in [0.1, 0.15) is 11.9 Å². The van der Waals surface area contributed by atoms with Crippen molar-refractivity contribution in [3.8, 4) is 0 Å². The summed E-state index contributed by atoms with van der Waals surface area (Å²) >= 11 is 0. The third-order valence-electron chi connectivity index (χ3n) is 2.53. The summed E-state index contributed by atoms with van der Waals surface area (Å²) in [5, 5.41) is 8.86. The van der Waals surface area contributed by atoms with Crippen molar-refractivity contribution in [2.24, 2.45) is 0 Å². The summed E-state index contributed by atoms with van der Waals surface area (Å²) in [6.07, 6.45) is 0. The normalized spacial score (nSPS) is 11.9. The molecule has 0 spiro atoms. The van der Waals surface area contributed by atoms with Crippen LogP contribution in [0, 0.1) is 5.82 Å². The van der Waals surface area contributed by atoms with Crippen LogP contribution < -0.4 is 0 Å². The van der Waals surface area contributed by atoms with Crippen molar-refractivity contribution in [3.63, 3.8) is 0 Å². The van der Waals surface area contributed by atoms with Crippen molar-refractivity contribution in [1.82, 2.24) is 4.90 Å². The van der Waals surface area contributed by atoms with E-state index in [2.05, 4.69) is 0 Å². The first-order valence-electron chi connectivity index (χ1n) is 5.17. The molecule has 1 aromatic carbocycles. The van der Waals surface area contributed by atoms with Gasteiger partial charge in [-0.2, -0.15) is 0 Å². The molecule has 17 heavy (non-hydrogen) atoms. The summed E-state index contributed by atoms with van der Waals surface area (Å²) in [6, 6.07) is 5.01. The van der Waals surface area contributed by atoms with Gasteiger partial charge in [-0.05, 0) is 13.0 Å². The molecule has 0 aliphatic carbocycles. The highest BCUT2D eigenvalue weighted by Crippen LogP contribution is 2.12. The molecular weight excluding hydrogens is 225 g/mol. The second-order valence-electron chi connectivity index (χ2n) is 3.75. The van der Waals surface area contributed by atoms with Crippen LogP contribution in [0.4, 0.5) is 4.39 Å². The Bertz CT molecular complexity index is 434. The van der Waals surface area contributed by atoms with Crippen LogP contribution in [-0.4, -0.2) is 27.9 Å². The van der Waals surface area contributed by atoms with Crippen LogP contribution in [0.25, 0.3) is 0 Å². The maximum absolute atomic E-state index is 13.4. The molecule has 0 radical (unpaired) electrons. The molecule has 5 heteroatoms. The Labute approximate surface area is 98.7 Å². The van der Waals surface area contributed by atoms with Gasteiger partial charge >= 0.3 is 5.97 Å². The number of rotatable bonds is 4. The predicted molar refractivity (Wildman–Crippen MR) is 59.7 cm³/mol. The lowest BCUT2D eigenvalue weighted by Gasteiger charge is -2.25. The summed E-state index contributed by atoms with van der Waals surface area (Å²) in [5.41, 5.74) is 0.302. The van der Waals surface area contributed by atoms with Gasteiger partial charge in [-0.1, -0.05) is 18.2 Å². The van der Waals surface area contributed by atoms with Gasteiger partial charge in [-0.15, -0.1) is 0 Å². The highest BCUT2D eigenvalue weighted by Gasteiger charge is 2.23. The van der Waals surface area contributed by atoms with Gasteiger partial charge in [0, 0.05) is 19.0 Å². The third kappa shape index (κ3) is 3.27. The first-order chi connectivity index (χ1) is 7.93. The Morgan fingerprint density at radius 3 is 2.47 bits per heavy atom. The highest BCUT2D eigenvalue weighted by atomic mass is 19.1. The van der Waals surface area contributed by atoms with Crippen LogP contribution in [0.2, 0.25) is 0 Å². The monoisotopic (exact) mass is 239 g/mol. The number of hydrogen-bond donors (Lipinski definition) is 1. The van der Waals surface area contributed by atoms with Crippen LogP contribution >= 0.6 is 0 Å². The molecule has 0 saturated carbocycles. The van der Waals surface area contributed by atoms with E-state index in [0.717, 1.165) is 4.90 Å². The molecule has 0 saturated heterocycles. The fourth-order valence-electron chi connectivity index (χ4n) is 1.46. The zero-order valence-electron chi connectivity index (χ0n) is 9.68. The van der Waals surface area contributed by atoms with Crippen molar-refractivity contribution < 1.29 is 19.1 Å². The number of amides is 1. The minimum absolute atomic E-state index is 0.0462. The predicted octanol–water partition coefficient (Wildman–Crippen LogP) is 1.65. The second-order valence-corrected chi connectivity index (χ2v) is 3.75. The molecule has 4 nitrogen and oxygen atoms in total. The Balaban J connectivity index is 2.92. The van der Waals surface area contributed by atoms with E-state index in [-0.39, 0.29) is 6.54 Å². The van der Waals surface area contributed by atoms with Gasteiger partial charge < -0.3 is 10.0 Å². The molecule has 1 unspecified atom stereocenters. The number of benzene rings is 1. The van der Waals surface area contributed by atoms with Gasteiger partial charge in [0.05, 0.1) is 0 Å². The van der Waals surface area contributed by atoms with Crippen molar-refractivity contribution in [1.29, 1.82) is 0 Å². The molecule has 0 heterocycles. The number of carboxylic acid groups (broad SMARTS) is 1. The molecule has 0 aromatic heterocycles. The maximum Gasteiger partial charge on any atom is 0.326 e. The largest absolute Gasteiger partial charge is 0.480 e. The average molecular weight is 239 g/mol. The Hall–Kier alpha value is -1.91. The van der Waals surface area contributed by atoms with E-state index in [1.807, 2.05) is 0 Å². The van der Waals surface area contributed by atoms with Crippen molar-refractivity contribution in [3.05, 3.63) is 35.6 Å². The summed E-state index contributed by atoms with van der Waals surface area (Å²) < 4.78 is 13.4. The second kappa shape index (κ2) is 5.43. The molecule has 0 aliphatic rings. The van der Waals surface area contributed by atoms with Crippen molar-refractivity contribution in [2.45, 2.75) is 26.4 Å². The van der Waals surface area contributed by atoms with E-state index in [1.165, 1.54) is 32.0 Å². The molecule has 92 valence electrons. The van der Waals surface area contributed by atoms with Gasteiger partial charge in [-0.3, -0.25) is 4.79 Å². The quantitative estimate of drug-likeness (QED) is 0.869. The van der Waals surface area contributed by atoms with Gasteiger partial charge in [0.15, 0.2) is 0 Å². The van der Waals surface area contributed by atoms with Crippen LogP contribution in [0.5, 0.6) is 0 Å². The first kappa shape index (κ1) is 13.2. The lowest BCUT2D eigenvalue weighted by Crippen LogP contribution is -2.41. The van der Waals surface area contributed by atoms with Crippen LogP contribution in [0.3, 0.4) is 0 Å². The topological polar surface area (TPSA) is 57.6 Å². The van der Waals surface area contributed by atoms with Crippen LogP contribution in [0.1, 0.15) is 19.4 Å². The molecule has 0 aliphatic heterocycles. The van der Waals surface area contributed by atoms with Crippen molar-refractivity contribution in [2.75, 3.05) is 0 Å². The van der Waals surface area contributed by atoms with Gasteiger partial charge in [0.25, 0.3) is 0 Å². The van der Waals surface area contributed by atoms with Gasteiger partial charge in [-0.25, -0.2) is 9.18 Å². The molecular formula is C12H14FNO3. The molecule has 1 rings (SSSR count). The number of aliphatic carboxylic acids is 1. The van der Waals surface area contributed by atoms with Crippen molar-refractivity contribution >= 4 is 11.9 Å². The Morgan fingerprint density at radius 2 is 2.00 bits per heavy atom. The zero-order chi connectivity index (χ0) is 13.0. The molecule has 0 bridgehead atoms. The molecule has 1 atom stereocenters. The molecule has 1 N–H and O–H groups in total. The zero-order valence-corrected chi connectivity index (χ0v) is 9.68. The lowest BCUT2D eigenvalue weighted by molar-refractivity contribution is -0.149. The number of halogens is 1. The number of nitrogens with zero attached hydrogens (tertiary/aromatic N) is 1. The molecule has 1 aromatic rings. The van der Waals surface area contributed by atoms with E-state index in [0.29, 0.717) is 5.56 Å². The van der Waals surface area contributed by atoms with E-state index in [1.54, 1.807) is 6.07 Å². The molecule has 1 amide bonds. The Morgan fingerprint density at radius 1 is 1.41 bits per heavy atom. The van der Waals surface area contributed by atoms with Crippen LogP contribution in [-0.2, 0) is 16.1 Å². The number of carbonyl (C=O) groups excluding carboxylic acids is 1. The smallest absolute Gasteiger partial charge is 0.326 e. The van der Waals surface area contributed by atoms with E-state index < -0.39 is 23.7 Å². The van der Waals surface area contributed by atoms with Crippen LogP contribution in [0.15, 0.2) is 24.3 Å². The summed E-state index contributed by atoms with van der Waals surface area (Å²) in [5.74, 6) is -1.96. The summed E-state index contributed by atoms with van der Waals surface area (Å²) in [7, 11) is 0. The minimum Gasteiger partial charge on any atom is -0.480 e. The van der Waals surface area contributed by atoms with Gasteiger partial charge in [0.2, 0.25) is 5.91 Å². The number of carbonyl (C=O) groups is 2. The maximum atomic E-state index is 13.4. The fourth-order valence-corrected chi connectivity index (χ4v) is 1.46. The van der Waals surface area contributed by atoms with E-state index >= 15 is 0 Å². The minimum atomic E-state index is -1.11. The highest BCUT2D eigenvalue weighted by molar-refractivity contribution is 5.81. The summed E-state index contributed by atoms with van der Waals surface area (Å²) in [4.78, 5) is 23.3. The standard InChI is InChI=1S/C12H14FNO3/c1-8(12(16)17)14(9(2)15)7-10-5-3-4-6-11(10)13/h3-6,8H,7H2,1-2H3,(H,16,17). The molecule has 0 fully saturated rings. The third-order valence-corrected chi connectivity index (χ3v) is 2.53. The number of hydrogen-bond acceptors (Lipinski definition) is 2. The SMILES string of the molecule is CC(=O)N(Cc1ccccc1F)C(C)C(=O)O.